The Balaban J connectivity index is 1.95. The van der Waals surface area contributed by atoms with Crippen molar-refractivity contribution < 1.29 is 9.47 Å². The minimum absolute atomic E-state index is 0.107. The molecule has 7 heteroatoms. The number of thiophene rings is 1. The smallest absolute Gasteiger partial charge is 0.130 e. The van der Waals surface area contributed by atoms with Crippen molar-refractivity contribution in [3.05, 3.63) is 63.3 Å². The molecule has 0 amide bonds. The largest absolute Gasteiger partial charge is 0.497 e. The highest BCUT2D eigenvalue weighted by Gasteiger charge is 2.20. The SMILES string of the molecule is COc1cc(OC)cc(C(NCc2ccc(Cl)s2)c2nccn2C)c1. The molecular weight excluding hydrogens is 358 g/mol. The van der Waals surface area contributed by atoms with Crippen LogP contribution in [-0.4, -0.2) is 23.8 Å². The second kappa shape index (κ2) is 7.91. The number of nitrogens with zero attached hydrogens (tertiary/aromatic N) is 2. The minimum Gasteiger partial charge on any atom is -0.497 e. The lowest BCUT2D eigenvalue weighted by molar-refractivity contribution is 0.392. The van der Waals surface area contributed by atoms with E-state index in [4.69, 9.17) is 21.1 Å². The average molecular weight is 378 g/mol. The molecule has 0 bridgehead atoms. The summed E-state index contributed by atoms with van der Waals surface area (Å²) in [6.45, 7) is 0.689. The fourth-order valence-electron chi connectivity index (χ4n) is 2.66. The quantitative estimate of drug-likeness (QED) is 0.675. The van der Waals surface area contributed by atoms with E-state index in [1.165, 1.54) is 4.88 Å². The van der Waals surface area contributed by atoms with Gasteiger partial charge >= 0.3 is 0 Å². The van der Waals surface area contributed by atoms with Gasteiger partial charge in [0.1, 0.15) is 17.3 Å². The molecular formula is C18H20ClN3O2S. The van der Waals surface area contributed by atoms with E-state index in [2.05, 4.69) is 10.3 Å². The van der Waals surface area contributed by atoms with E-state index in [9.17, 15) is 0 Å². The van der Waals surface area contributed by atoms with Gasteiger partial charge in [-0.1, -0.05) is 11.6 Å². The fourth-order valence-corrected chi connectivity index (χ4v) is 3.70. The molecule has 0 fully saturated rings. The zero-order valence-corrected chi connectivity index (χ0v) is 15.9. The molecule has 0 spiro atoms. The number of benzene rings is 1. The van der Waals surface area contributed by atoms with E-state index < -0.39 is 0 Å². The van der Waals surface area contributed by atoms with E-state index in [1.54, 1.807) is 31.8 Å². The Hall–Kier alpha value is -2.02. The molecule has 1 atom stereocenters. The van der Waals surface area contributed by atoms with Crippen LogP contribution >= 0.6 is 22.9 Å². The van der Waals surface area contributed by atoms with Crippen molar-refractivity contribution in [3.8, 4) is 11.5 Å². The first-order valence-electron chi connectivity index (χ1n) is 7.78. The van der Waals surface area contributed by atoms with Crippen molar-refractivity contribution in [3.63, 3.8) is 0 Å². The predicted molar refractivity (Wildman–Crippen MR) is 101 cm³/mol. The third-order valence-electron chi connectivity index (χ3n) is 3.93. The second-order valence-electron chi connectivity index (χ2n) is 5.56. The standard InChI is InChI=1S/C18H20ClN3O2S/c1-22-7-6-20-18(22)17(21-11-15-4-5-16(19)25-15)12-8-13(23-2)10-14(9-12)24-3/h4-10,17,21H,11H2,1-3H3. The molecule has 0 aliphatic heterocycles. The zero-order valence-electron chi connectivity index (χ0n) is 14.3. The summed E-state index contributed by atoms with van der Waals surface area (Å²) in [4.78, 5) is 5.68. The van der Waals surface area contributed by atoms with Gasteiger partial charge in [-0.05, 0) is 29.8 Å². The van der Waals surface area contributed by atoms with Crippen molar-refractivity contribution in [1.82, 2.24) is 14.9 Å². The summed E-state index contributed by atoms with van der Waals surface area (Å²) in [6, 6.07) is 9.68. The maximum Gasteiger partial charge on any atom is 0.130 e. The lowest BCUT2D eigenvalue weighted by atomic mass is 10.0. The second-order valence-corrected chi connectivity index (χ2v) is 7.36. The lowest BCUT2D eigenvalue weighted by Gasteiger charge is -2.20. The molecule has 132 valence electrons. The van der Waals surface area contributed by atoms with Crippen molar-refractivity contribution in [2.45, 2.75) is 12.6 Å². The van der Waals surface area contributed by atoms with Crippen LogP contribution in [0, 0.1) is 0 Å². The molecule has 0 saturated carbocycles. The van der Waals surface area contributed by atoms with Crippen LogP contribution in [-0.2, 0) is 13.6 Å². The molecule has 1 unspecified atom stereocenters. The Labute approximate surface area is 156 Å². The van der Waals surface area contributed by atoms with Gasteiger partial charge in [-0.3, -0.25) is 5.32 Å². The number of rotatable bonds is 7. The van der Waals surface area contributed by atoms with Crippen molar-refractivity contribution in [2.24, 2.45) is 7.05 Å². The average Bonchev–Trinajstić information content (AvgIpc) is 3.23. The third-order valence-corrected chi connectivity index (χ3v) is 5.16. The molecule has 2 aromatic heterocycles. The van der Waals surface area contributed by atoms with E-state index in [0.717, 1.165) is 27.2 Å². The number of nitrogens with one attached hydrogen (secondary N) is 1. The van der Waals surface area contributed by atoms with Crippen molar-refractivity contribution in [1.29, 1.82) is 0 Å². The Morgan fingerprint density at radius 3 is 2.44 bits per heavy atom. The van der Waals surface area contributed by atoms with E-state index >= 15 is 0 Å². The van der Waals surface area contributed by atoms with Crippen LogP contribution in [0.2, 0.25) is 4.34 Å². The third kappa shape index (κ3) is 4.15. The van der Waals surface area contributed by atoms with Gasteiger partial charge in [-0.15, -0.1) is 11.3 Å². The maximum absolute atomic E-state index is 6.04. The maximum atomic E-state index is 6.04. The minimum atomic E-state index is -0.107. The summed E-state index contributed by atoms with van der Waals surface area (Å²) in [5, 5.41) is 3.57. The summed E-state index contributed by atoms with van der Waals surface area (Å²) in [7, 11) is 5.28. The molecule has 25 heavy (non-hydrogen) atoms. The highest BCUT2D eigenvalue weighted by molar-refractivity contribution is 7.16. The summed E-state index contributed by atoms with van der Waals surface area (Å²) >= 11 is 7.61. The van der Waals surface area contributed by atoms with Gasteiger partial charge in [0.05, 0.1) is 24.6 Å². The van der Waals surface area contributed by atoms with Crippen LogP contribution in [0.15, 0.2) is 42.7 Å². The molecule has 0 aliphatic carbocycles. The van der Waals surface area contributed by atoms with Gasteiger partial charge in [0, 0.05) is 36.9 Å². The van der Waals surface area contributed by atoms with Crippen LogP contribution in [0.1, 0.15) is 22.3 Å². The summed E-state index contributed by atoms with van der Waals surface area (Å²) in [6.07, 6.45) is 3.73. The molecule has 1 N–H and O–H groups in total. The van der Waals surface area contributed by atoms with Gasteiger partial charge in [0.15, 0.2) is 0 Å². The summed E-state index contributed by atoms with van der Waals surface area (Å²) in [5.74, 6) is 2.40. The van der Waals surface area contributed by atoms with Gasteiger partial charge in [-0.25, -0.2) is 4.98 Å². The molecule has 0 aliphatic rings. The summed E-state index contributed by atoms with van der Waals surface area (Å²) in [5.41, 5.74) is 1.02. The molecule has 3 aromatic rings. The molecule has 0 radical (unpaired) electrons. The monoisotopic (exact) mass is 377 g/mol. The van der Waals surface area contributed by atoms with Crippen LogP contribution < -0.4 is 14.8 Å². The summed E-state index contributed by atoms with van der Waals surface area (Å²) < 4.78 is 13.6. The Bertz CT molecular complexity index is 824. The lowest BCUT2D eigenvalue weighted by Crippen LogP contribution is -2.24. The topological polar surface area (TPSA) is 48.3 Å². The number of halogens is 1. The zero-order chi connectivity index (χ0) is 17.8. The number of aromatic nitrogens is 2. The Morgan fingerprint density at radius 2 is 1.92 bits per heavy atom. The number of imidazole rings is 1. The van der Waals surface area contributed by atoms with E-state index in [0.29, 0.717) is 6.54 Å². The number of aryl methyl sites for hydroxylation is 1. The Kier molecular flexibility index (Phi) is 5.63. The van der Waals surface area contributed by atoms with Gasteiger partial charge in [0.2, 0.25) is 0 Å². The molecule has 2 heterocycles. The number of hydrogen-bond acceptors (Lipinski definition) is 5. The van der Waals surface area contributed by atoms with Crippen LogP contribution in [0.25, 0.3) is 0 Å². The predicted octanol–water partition coefficient (Wildman–Crippen LogP) is 4.03. The fraction of sp³-hybridized carbons (Fsp3) is 0.278. The Morgan fingerprint density at radius 1 is 1.20 bits per heavy atom. The first-order chi connectivity index (χ1) is 12.1. The molecule has 1 aromatic carbocycles. The van der Waals surface area contributed by atoms with Gasteiger partial charge in [0.25, 0.3) is 0 Å². The normalized spacial score (nSPS) is 12.2. The molecule has 5 nitrogen and oxygen atoms in total. The van der Waals surface area contributed by atoms with E-state index in [1.807, 2.05) is 48.1 Å². The molecule has 0 saturated heterocycles. The highest BCUT2D eigenvalue weighted by Crippen LogP contribution is 2.30. The van der Waals surface area contributed by atoms with Gasteiger partial charge < -0.3 is 14.0 Å². The number of ether oxygens (including phenoxy) is 2. The highest BCUT2D eigenvalue weighted by atomic mass is 35.5. The van der Waals surface area contributed by atoms with Gasteiger partial charge in [-0.2, -0.15) is 0 Å². The molecule has 3 rings (SSSR count). The van der Waals surface area contributed by atoms with E-state index in [-0.39, 0.29) is 6.04 Å². The first-order valence-corrected chi connectivity index (χ1v) is 8.98. The first kappa shape index (κ1) is 17.8. The van der Waals surface area contributed by atoms with Crippen LogP contribution in [0.4, 0.5) is 0 Å². The number of hydrogen-bond donors (Lipinski definition) is 1. The van der Waals surface area contributed by atoms with Crippen molar-refractivity contribution >= 4 is 22.9 Å². The van der Waals surface area contributed by atoms with Crippen LogP contribution in [0.5, 0.6) is 11.5 Å². The van der Waals surface area contributed by atoms with Crippen molar-refractivity contribution in [2.75, 3.05) is 14.2 Å². The van der Waals surface area contributed by atoms with Crippen LogP contribution in [0.3, 0.4) is 0 Å². The number of methoxy groups -OCH3 is 2.